The van der Waals surface area contributed by atoms with Gasteiger partial charge in [0.1, 0.15) is 5.75 Å². The van der Waals surface area contributed by atoms with Gasteiger partial charge in [0.15, 0.2) is 5.82 Å². The molecule has 0 unspecified atom stereocenters. The molecule has 144 valence electrons. The van der Waals surface area contributed by atoms with E-state index in [1.54, 1.807) is 18.0 Å². The van der Waals surface area contributed by atoms with E-state index in [9.17, 15) is 0 Å². The molecular weight excluding hydrogens is 368 g/mol. The molecule has 0 atom stereocenters. The van der Waals surface area contributed by atoms with Crippen LogP contribution >= 0.6 is 12.2 Å². The van der Waals surface area contributed by atoms with Crippen LogP contribution in [0.5, 0.6) is 5.75 Å². The Balaban J connectivity index is 1.84. The number of para-hydroxylation sites is 1. The molecule has 0 aliphatic rings. The maximum absolute atomic E-state index is 5.35. The van der Waals surface area contributed by atoms with Crippen molar-refractivity contribution in [2.75, 3.05) is 7.11 Å². The highest BCUT2D eigenvalue weighted by Crippen LogP contribution is 2.25. The summed E-state index contributed by atoms with van der Waals surface area (Å²) in [6, 6.07) is 16.1. The molecule has 5 nitrogen and oxygen atoms in total. The number of methoxy groups -OCH3 is 1. The van der Waals surface area contributed by atoms with Crippen molar-refractivity contribution >= 4 is 24.5 Å². The zero-order chi connectivity index (χ0) is 20.1. The third kappa shape index (κ3) is 4.46. The molecule has 1 heterocycles. The first-order chi connectivity index (χ1) is 13.4. The van der Waals surface area contributed by atoms with E-state index in [1.807, 2.05) is 48.6 Å². The number of nitrogens with zero attached hydrogens (tertiary/aromatic N) is 3. The molecule has 3 rings (SSSR count). The van der Waals surface area contributed by atoms with Gasteiger partial charge in [-0.3, -0.25) is 0 Å². The Morgan fingerprint density at radius 2 is 1.82 bits per heavy atom. The molecule has 0 spiro atoms. The second-order valence-corrected chi connectivity index (χ2v) is 7.74. The molecule has 28 heavy (non-hydrogen) atoms. The van der Waals surface area contributed by atoms with E-state index in [0.29, 0.717) is 10.6 Å². The van der Waals surface area contributed by atoms with Crippen LogP contribution in [0.3, 0.4) is 0 Å². The second-order valence-electron chi connectivity index (χ2n) is 7.36. The third-order valence-corrected chi connectivity index (χ3v) is 4.61. The fourth-order valence-corrected chi connectivity index (χ4v) is 2.94. The van der Waals surface area contributed by atoms with Crippen molar-refractivity contribution in [2.24, 2.45) is 5.10 Å². The van der Waals surface area contributed by atoms with Crippen LogP contribution in [0, 0.1) is 4.77 Å². The Morgan fingerprint density at radius 1 is 1.11 bits per heavy atom. The van der Waals surface area contributed by atoms with Crippen LogP contribution in [0.1, 0.15) is 31.9 Å². The van der Waals surface area contributed by atoms with Gasteiger partial charge in [-0.1, -0.05) is 63.2 Å². The van der Waals surface area contributed by atoms with Crippen LogP contribution in [0.15, 0.2) is 59.7 Å². The van der Waals surface area contributed by atoms with Gasteiger partial charge in [0.2, 0.25) is 4.77 Å². The van der Waals surface area contributed by atoms with Crippen molar-refractivity contribution < 1.29 is 4.74 Å². The Kier molecular flexibility index (Phi) is 5.90. The van der Waals surface area contributed by atoms with Crippen molar-refractivity contribution in [1.29, 1.82) is 0 Å². The van der Waals surface area contributed by atoms with Crippen LogP contribution in [0.2, 0.25) is 0 Å². The molecule has 0 amide bonds. The number of benzene rings is 2. The van der Waals surface area contributed by atoms with Crippen molar-refractivity contribution in [1.82, 2.24) is 14.9 Å². The molecule has 0 radical (unpaired) electrons. The molecule has 2 aromatic carbocycles. The molecule has 6 heteroatoms. The molecule has 1 N–H and O–H groups in total. The second kappa shape index (κ2) is 8.35. The SMILES string of the molecule is COc1ccccc1/C=C/C=N\n1c(-c2ccc(C(C)(C)C)cc2)n[nH]c1=S. The van der Waals surface area contributed by atoms with Gasteiger partial charge in [0.25, 0.3) is 0 Å². The van der Waals surface area contributed by atoms with Crippen LogP contribution < -0.4 is 4.74 Å². The lowest BCUT2D eigenvalue weighted by molar-refractivity contribution is 0.414. The number of rotatable bonds is 5. The Labute approximate surface area is 170 Å². The van der Waals surface area contributed by atoms with E-state index >= 15 is 0 Å². The average Bonchev–Trinajstić information content (AvgIpc) is 3.05. The number of aromatic amines is 1. The Hall–Kier alpha value is -2.99. The third-order valence-electron chi connectivity index (χ3n) is 4.34. The molecule has 0 fully saturated rings. The maximum Gasteiger partial charge on any atom is 0.216 e. The van der Waals surface area contributed by atoms with Gasteiger partial charge in [-0.15, -0.1) is 0 Å². The number of hydrogen-bond acceptors (Lipinski definition) is 4. The minimum Gasteiger partial charge on any atom is -0.496 e. The smallest absolute Gasteiger partial charge is 0.216 e. The first-order valence-corrected chi connectivity index (χ1v) is 9.43. The van der Waals surface area contributed by atoms with Gasteiger partial charge in [0, 0.05) is 17.3 Å². The molecule has 1 aromatic heterocycles. The molecular formula is C22H24N4OS. The molecule has 0 bridgehead atoms. The first kappa shape index (κ1) is 19.8. The highest BCUT2D eigenvalue weighted by molar-refractivity contribution is 7.71. The summed E-state index contributed by atoms with van der Waals surface area (Å²) in [7, 11) is 1.66. The zero-order valence-corrected chi connectivity index (χ0v) is 17.3. The standard InChI is InChI=1S/C22H24N4OS/c1-22(2,3)18-13-11-17(12-14-18)20-24-25-21(28)26(20)23-15-7-9-16-8-5-6-10-19(16)27-4/h5-15H,1-4H3,(H,25,28)/b9-7+,23-15-. The monoisotopic (exact) mass is 392 g/mol. The molecule has 0 saturated heterocycles. The summed E-state index contributed by atoms with van der Waals surface area (Å²) in [6.45, 7) is 6.57. The number of nitrogens with one attached hydrogen (secondary N) is 1. The largest absolute Gasteiger partial charge is 0.496 e. The highest BCUT2D eigenvalue weighted by Gasteiger charge is 2.14. The molecule has 0 aliphatic carbocycles. The van der Waals surface area contributed by atoms with Gasteiger partial charge in [-0.2, -0.15) is 14.9 Å². The van der Waals surface area contributed by atoms with Crippen LogP contribution in [-0.4, -0.2) is 28.2 Å². The lowest BCUT2D eigenvalue weighted by Gasteiger charge is -2.18. The van der Waals surface area contributed by atoms with Crippen molar-refractivity contribution in [3.8, 4) is 17.1 Å². The van der Waals surface area contributed by atoms with Crippen molar-refractivity contribution in [3.05, 3.63) is 70.5 Å². The highest BCUT2D eigenvalue weighted by atomic mass is 32.1. The summed E-state index contributed by atoms with van der Waals surface area (Å²) in [5.41, 5.74) is 3.29. The van der Waals surface area contributed by atoms with E-state index < -0.39 is 0 Å². The topological polar surface area (TPSA) is 55.2 Å². The number of ether oxygens (including phenoxy) is 1. The van der Waals surface area contributed by atoms with E-state index in [2.05, 4.69) is 48.2 Å². The van der Waals surface area contributed by atoms with Crippen molar-refractivity contribution in [2.45, 2.75) is 26.2 Å². The van der Waals surface area contributed by atoms with Crippen LogP contribution in [-0.2, 0) is 5.41 Å². The lowest BCUT2D eigenvalue weighted by Crippen LogP contribution is -2.10. The summed E-state index contributed by atoms with van der Waals surface area (Å²) >= 11 is 5.33. The Bertz CT molecular complexity index is 1050. The van der Waals surface area contributed by atoms with E-state index in [4.69, 9.17) is 17.0 Å². The summed E-state index contributed by atoms with van der Waals surface area (Å²) < 4.78 is 7.41. The minimum absolute atomic E-state index is 0.102. The normalized spacial score (nSPS) is 12.1. The number of H-pyrrole nitrogens is 1. The lowest BCUT2D eigenvalue weighted by atomic mass is 9.87. The van der Waals surface area contributed by atoms with Crippen LogP contribution in [0.4, 0.5) is 0 Å². The quantitative estimate of drug-likeness (QED) is 0.463. The maximum atomic E-state index is 5.35. The van der Waals surface area contributed by atoms with Gasteiger partial charge < -0.3 is 4.74 Å². The fraction of sp³-hybridized carbons (Fsp3) is 0.227. The number of allylic oxidation sites excluding steroid dienone is 1. The van der Waals surface area contributed by atoms with Gasteiger partial charge in [-0.05, 0) is 41.4 Å². The first-order valence-electron chi connectivity index (χ1n) is 9.02. The van der Waals surface area contributed by atoms with Crippen molar-refractivity contribution in [3.63, 3.8) is 0 Å². The molecule has 0 aliphatic heterocycles. The van der Waals surface area contributed by atoms with E-state index in [-0.39, 0.29) is 5.41 Å². The summed E-state index contributed by atoms with van der Waals surface area (Å²) in [5.74, 6) is 1.49. The summed E-state index contributed by atoms with van der Waals surface area (Å²) in [6.07, 6.45) is 5.47. The van der Waals surface area contributed by atoms with E-state index in [1.165, 1.54) is 5.56 Å². The predicted molar refractivity (Wildman–Crippen MR) is 117 cm³/mol. The van der Waals surface area contributed by atoms with Gasteiger partial charge in [0.05, 0.1) is 7.11 Å². The Morgan fingerprint density at radius 3 is 2.50 bits per heavy atom. The summed E-state index contributed by atoms with van der Waals surface area (Å²) in [4.78, 5) is 0. The fourth-order valence-electron chi connectivity index (χ4n) is 2.76. The van der Waals surface area contributed by atoms with Crippen LogP contribution in [0.25, 0.3) is 17.5 Å². The molecule has 3 aromatic rings. The average molecular weight is 393 g/mol. The number of aromatic nitrogens is 3. The number of hydrogen-bond donors (Lipinski definition) is 1. The molecule has 0 saturated carbocycles. The van der Waals surface area contributed by atoms with Gasteiger partial charge >= 0.3 is 0 Å². The summed E-state index contributed by atoms with van der Waals surface area (Å²) in [5, 5.41) is 11.6. The minimum atomic E-state index is 0.102. The van der Waals surface area contributed by atoms with E-state index in [0.717, 1.165) is 16.9 Å². The van der Waals surface area contributed by atoms with Gasteiger partial charge in [-0.25, -0.2) is 5.10 Å². The predicted octanol–water partition coefficient (Wildman–Crippen LogP) is 5.46. The zero-order valence-electron chi connectivity index (χ0n) is 16.5.